The minimum atomic E-state index is 0.881. The molecule has 0 atom stereocenters. The maximum absolute atomic E-state index is 6.48. The van der Waals surface area contributed by atoms with Crippen molar-refractivity contribution in [2.75, 3.05) is 0 Å². The summed E-state index contributed by atoms with van der Waals surface area (Å²) in [7, 11) is 0. The number of benzene rings is 6. The van der Waals surface area contributed by atoms with Crippen LogP contribution in [0.5, 0.6) is 0 Å². The lowest BCUT2D eigenvalue weighted by Crippen LogP contribution is -1.93. The van der Waals surface area contributed by atoms with Crippen LogP contribution in [0.1, 0.15) is 0 Å². The third-order valence-electron chi connectivity index (χ3n) is 8.01. The molecule has 182 valence electrons. The van der Waals surface area contributed by atoms with E-state index in [9.17, 15) is 0 Å². The van der Waals surface area contributed by atoms with Gasteiger partial charge in [-0.15, -0.1) is 0 Å². The van der Waals surface area contributed by atoms with Gasteiger partial charge in [-0.2, -0.15) is 0 Å². The largest absolute Gasteiger partial charge is 0.456 e. The van der Waals surface area contributed by atoms with Crippen LogP contribution in [0.25, 0.3) is 82.5 Å². The van der Waals surface area contributed by atoms with Crippen molar-refractivity contribution in [3.05, 3.63) is 127 Å². The fourth-order valence-corrected chi connectivity index (χ4v) is 6.19. The van der Waals surface area contributed by atoms with Crippen molar-refractivity contribution in [3.8, 4) is 16.8 Å². The smallest absolute Gasteiger partial charge is 0.137 e. The SMILES string of the molecule is c1ccc2c(c1)oc1cc(-c3ccc4c(c3)oc3cc(-n5c6ccccc6c6ccccc65)ccc34)ccc12. The Kier molecular flexibility index (Phi) is 4.05. The summed E-state index contributed by atoms with van der Waals surface area (Å²) in [6, 6.07) is 44.8. The lowest BCUT2D eigenvalue weighted by Gasteiger charge is -2.07. The van der Waals surface area contributed by atoms with E-state index in [1.54, 1.807) is 0 Å². The van der Waals surface area contributed by atoms with Crippen molar-refractivity contribution in [1.29, 1.82) is 0 Å². The first-order valence-corrected chi connectivity index (χ1v) is 13.2. The van der Waals surface area contributed by atoms with Gasteiger partial charge in [0, 0.05) is 44.1 Å². The molecule has 3 aromatic heterocycles. The quantitative estimate of drug-likeness (QED) is 0.237. The van der Waals surface area contributed by atoms with E-state index >= 15 is 0 Å². The van der Waals surface area contributed by atoms with Crippen LogP contribution in [0, 0.1) is 0 Å². The van der Waals surface area contributed by atoms with Gasteiger partial charge in [0.25, 0.3) is 0 Å². The first-order chi connectivity index (χ1) is 19.3. The van der Waals surface area contributed by atoms with Crippen LogP contribution in [0.15, 0.2) is 136 Å². The molecule has 39 heavy (non-hydrogen) atoms. The summed E-state index contributed by atoms with van der Waals surface area (Å²) in [6.07, 6.45) is 0. The summed E-state index contributed by atoms with van der Waals surface area (Å²) in [5.74, 6) is 0. The summed E-state index contributed by atoms with van der Waals surface area (Å²) >= 11 is 0. The standard InChI is InChI=1S/C36H21NO2/c1-4-10-31-25(7-1)26-8-2-5-11-32(26)37(31)24-15-18-30-29-17-14-23(20-35(29)39-36(30)21-24)22-13-16-28-27-9-3-6-12-33(27)38-34(28)19-22/h1-21H. The number of rotatable bonds is 2. The zero-order valence-electron chi connectivity index (χ0n) is 20.9. The van der Waals surface area contributed by atoms with Crippen LogP contribution in [-0.2, 0) is 0 Å². The van der Waals surface area contributed by atoms with E-state index < -0.39 is 0 Å². The second-order valence-corrected chi connectivity index (χ2v) is 10.2. The van der Waals surface area contributed by atoms with Crippen LogP contribution in [0.3, 0.4) is 0 Å². The summed E-state index contributed by atoms with van der Waals surface area (Å²) < 4.78 is 14.9. The zero-order valence-corrected chi connectivity index (χ0v) is 20.9. The summed E-state index contributed by atoms with van der Waals surface area (Å²) in [5, 5.41) is 7.02. The molecule has 0 amide bonds. The average Bonchev–Trinajstić information content (AvgIpc) is 3.65. The molecule has 9 aromatic rings. The van der Waals surface area contributed by atoms with E-state index in [1.165, 1.54) is 21.8 Å². The number of furan rings is 2. The second-order valence-electron chi connectivity index (χ2n) is 10.2. The first-order valence-electron chi connectivity index (χ1n) is 13.2. The van der Waals surface area contributed by atoms with Crippen LogP contribution < -0.4 is 0 Å². The third-order valence-corrected chi connectivity index (χ3v) is 8.01. The molecule has 0 unspecified atom stereocenters. The number of nitrogens with zero attached hydrogens (tertiary/aromatic N) is 1. The second kappa shape index (κ2) is 7.62. The maximum Gasteiger partial charge on any atom is 0.137 e. The van der Waals surface area contributed by atoms with Crippen LogP contribution in [0.2, 0.25) is 0 Å². The Morgan fingerprint density at radius 2 is 0.821 bits per heavy atom. The highest BCUT2D eigenvalue weighted by Crippen LogP contribution is 2.37. The molecule has 0 fully saturated rings. The Labute approximate surface area is 223 Å². The van der Waals surface area contributed by atoms with Gasteiger partial charge in [0.2, 0.25) is 0 Å². The van der Waals surface area contributed by atoms with Crippen LogP contribution in [0.4, 0.5) is 0 Å². The van der Waals surface area contributed by atoms with Crippen molar-refractivity contribution in [2.24, 2.45) is 0 Å². The predicted molar refractivity (Wildman–Crippen MR) is 161 cm³/mol. The Morgan fingerprint density at radius 3 is 1.46 bits per heavy atom. The van der Waals surface area contributed by atoms with Crippen LogP contribution in [-0.4, -0.2) is 4.57 Å². The Balaban J connectivity index is 1.20. The lowest BCUT2D eigenvalue weighted by atomic mass is 10.0. The molecule has 6 aromatic carbocycles. The Bertz CT molecular complexity index is 2350. The minimum Gasteiger partial charge on any atom is -0.456 e. The normalized spacial score (nSPS) is 12.1. The highest BCUT2D eigenvalue weighted by atomic mass is 16.3. The summed E-state index contributed by atoms with van der Waals surface area (Å²) in [6.45, 7) is 0. The molecule has 0 saturated carbocycles. The molecule has 0 aliphatic rings. The molecule has 0 radical (unpaired) electrons. The van der Waals surface area contributed by atoms with E-state index in [4.69, 9.17) is 8.83 Å². The van der Waals surface area contributed by atoms with Gasteiger partial charge in [-0.05, 0) is 65.7 Å². The van der Waals surface area contributed by atoms with Crippen molar-refractivity contribution in [2.45, 2.75) is 0 Å². The topological polar surface area (TPSA) is 31.2 Å². The van der Waals surface area contributed by atoms with Gasteiger partial charge in [-0.25, -0.2) is 0 Å². The van der Waals surface area contributed by atoms with Gasteiger partial charge in [-0.3, -0.25) is 0 Å². The summed E-state index contributed by atoms with van der Waals surface area (Å²) in [4.78, 5) is 0. The molecule has 0 spiro atoms. The Morgan fingerprint density at radius 1 is 0.359 bits per heavy atom. The van der Waals surface area contributed by atoms with Gasteiger partial charge in [0.1, 0.15) is 22.3 Å². The van der Waals surface area contributed by atoms with Crippen LogP contribution >= 0.6 is 0 Å². The molecule has 0 bridgehead atoms. The summed E-state index contributed by atoms with van der Waals surface area (Å²) in [5.41, 5.74) is 9.26. The van der Waals surface area contributed by atoms with Gasteiger partial charge in [0.05, 0.1) is 11.0 Å². The molecular weight excluding hydrogens is 478 g/mol. The third kappa shape index (κ3) is 2.93. The van der Waals surface area contributed by atoms with E-state index in [1.807, 2.05) is 18.2 Å². The van der Waals surface area contributed by atoms with E-state index in [0.717, 1.165) is 60.7 Å². The Hall–Kier alpha value is -5.28. The molecule has 0 aliphatic heterocycles. The fraction of sp³-hybridized carbons (Fsp3) is 0. The molecule has 9 rings (SSSR count). The molecule has 3 heterocycles. The first kappa shape index (κ1) is 20.7. The molecule has 0 N–H and O–H groups in total. The number of fused-ring (bicyclic) bond motifs is 9. The van der Waals surface area contributed by atoms with Gasteiger partial charge >= 0.3 is 0 Å². The number of aromatic nitrogens is 1. The van der Waals surface area contributed by atoms with Gasteiger partial charge < -0.3 is 13.4 Å². The molecule has 3 nitrogen and oxygen atoms in total. The van der Waals surface area contributed by atoms with Crippen molar-refractivity contribution >= 4 is 65.7 Å². The minimum absolute atomic E-state index is 0.881. The number of hydrogen-bond donors (Lipinski definition) is 0. The number of hydrogen-bond acceptors (Lipinski definition) is 2. The van der Waals surface area contributed by atoms with Crippen molar-refractivity contribution in [3.63, 3.8) is 0 Å². The van der Waals surface area contributed by atoms with Gasteiger partial charge in [0.15, 0.2) is 0 Å². The van der Waals surface area contributed by atoms with Crippen molar-refractivity contribution < 1.29 is 8.83 Å². The maximum atomic E-state index is 6.48. The fourth-order valence-electron chi connectivity index (χ4n) is 6.19. The van der Waals surface area contributed by atoms with Gasteiger partial charge in [-0.1, -0.05) is 66.7 Å². The zero-order chi connectivity index (χ0) is 25.5. The van der Waals surface area contributed by atoms with E-state index in [0.29, 0.717) is 0 Å². The van der Waals surface area contributed by atoms with E-state index in [2.05, 4.69) is 114 Å². The monoisotopic (exact) mass is 499 g/mol. The van der Waals surface area contributed by atoms with E-state index in [-0.39, 0.29) is 0 Å². The van der Waals surface area contributed by atoms with Crippen molar-refractivity contribution in [1.82, 2.24) is 4.57 Å². The average molecular weight is 500 g/mol. The molecule has 0 aliphatic carbocycles. The predicted octanol–water partition coefficient (Wildman–Crippen LogP) is 10.2. The molecule has 0 saturated heterocycles. The number of para-hydroxylation sites is 3. The lowest BCUT2D eigenvalue weighted by molar-refractivity contribution is 0.668. The molecule has 3 heteroatoms. The molecular formula is C36H21NO2. The highest BCUT2D eigenvalue weighted by molar-refractivity contribution is 6.11. The highest BCUT2D eigenvalue weighted by Gasteiger charge is 2.15.